The van der Waals surface area contributed by atoms with E-state index in [9.17, 15) is 4.21 Å². The second kappa shape index (κ2) is 4.43. The van der Waals surface area contributed by atoms with Crippen LogP contribution in [0.25, 0.3) is 0 Å². The number of rotatable bonds is 4. The van der Waals surface area contributed by atoms with Crippen LogP contribution in [0, 0.1) is 0 Å². The van der Waals surface area contributed by atoms with Gasteiger partial charge < -0.3 is 5.73 Å². The largest absolute Gasteiger partial charge is 0.324 e. The van der Waals surface area contributed by atoms with Gasteiger partial charge in [-0.3, -0.25) is 4.21 Å². The Labute approximate surface area is 79.0 Å². The lowest BCUT2D eigenvalue weighted by atomic mass is 10.4. The third kappa shape index (κ3) is 2.56. The number of hydrogen-bond acceptors (Lipinski definition) is 5. The molecule has 2 unspecified atom stereocenters. The predicted molar refractivity (Wildman–Crippen MR) is 49.4 cm³/mol. The molecule has 0 fully saturated rings. The first-order valence-electron chi connectivity index (χ1n) is 3.92. The molecule has 1 heterocycles. The minimum atomic E-state index is -0.848. The molecule has 0 saturated carbocycles. The van der Waals surface area contributed by atoms with Gasteiger partial charge in [0.15, 0.2) is 5.82 Å². The van der Waals surface area contributed by atoms with Gasteiger partial charge in [-0.2, -0.15) is 0 Å². The van der Waals surface area contributed by atoms with Gasteiger partial charge in [0.1, 0.15) is 0 Å². The number of hydrogen-bond donors (Lipinski definition) is 1. The fraction of sp³-hybridized carbons (Fsp3) is 0.833. The van der Waals surface area contributed by atoms with Gasteiger partial charge in [-0.25, -0.2) is 4.68 Å². The number of aromatic nitrogens is 4. The van der Waals surface area contributed by atoms with E-state index in [1.54, 1.807) is 10.9 Å². The third-order valence-electron chi connectivity index (χ3n) is 1.64. The molecule has 2 N–H and O–H groups in total. The summed E-state index contributed by atoms with van der Waals surface area (Å²) >= 11 is 0. The Morgan fingerprint density at radius 2 is 2.38 bits per heavy atom. The molecule has 0 aliphatic rings. The van der Waals surface area contributed by atoms with E-state index < -0.39 is 10.8 Å². The Morgan fingerprint density at radius 1 is 1.69 bits per heavy atom. The molecule has 1 aromatic rings. The smallest absolute Gasteiger partial charge is 0.165 e. The number of nitrogens with two attached hydrogens (primary N) is 1. The van der Waals surface area contributed by atoms with Crippen LogP contribution in [-0.2, 0) is 17.3 Å². The zero-order valence-electron chi connectivity index (χ0n) is 7.67. The maximum atomic E-state index is 10.9. The molecule has 6 nitrogen and oxygen atoms in total. The van der Waals surface area contributed by atoms with Crippen LogP contribution < -0.4 is 5.73 Å². The molecule has 1 aromatic heterocycles. The second-order valence-corrected chi connectivity index (χ2v) is 4.31. The lowest BCUT2D eigenvalue weighted by molar-refractivity contribution is 0.496. The number of tetrazole rings is 1. The zero-order chi connectivity index (χ0) is 9.84. The van der Waals surface area contributed by atoms with Crippen LogP contribution in [0.15, 0.2) is 0 Å². The summed E-state index contributed by atoms with van der Waals surface area (Å²) in [5, 5.41) is 11.0. The Hall–Kier alpha value is -0.820. The topological polar surface area (TPSA) is 86.7 Å². The minimum Gasteiger partial charge on any atom is -0.324 e. The van der Waals surface area contributed by atoms with Crippen molar-refractivity contribution in [2.45, 2.75) is 19.5 Å². The lowest BCUT2D eigenvalue weighted by Gasteiger charge is -2.10. The van der Waals surface area contributed by atoms with Crippen molar-refractivity contribution < 1.29 is 4.21 Å². The second-order valence-electron chi connectivity index (χ2n) is 2.83. The van der Waals surface area contributed by atoms with Crippen LogP contribution in [-0.4, -0.2) is 36.4 Å². The van der Waals surface area contributed by atoms with Crippen molar-refractivity contribution in [3.8, 4) is 0 Å². The molecule has 74 valence electrons. The Morgan fingerprint density at radius 3 is 2.92 bits per heavy atom. The van der Waals surface area contributed by atoms with E-state index in [2.05, 4.69) is 15.5 Å². The van der Waals surface area contributed by atoms with E-state index in [1.165, 1.54) is 0 Å². The van der Waals surface area contributed by atoms with E-state index in [0.717, 1.165) is 0 Å². The highest BCUT2D eigenvalue weighted by molar-refractivity contribution is 7.84. The van der Waals surface area contributed by atoms with E-state index in [4.69, 9.17) is 5.73 Å². The van der Waals surface area contributed by atoms with Crippen LogP contribution >= 0.6 is 0 Å². The van der Waals surface area contributed by atoms with Crippen molar-refractivity contribution in [1.29, 1.82) is 0 Å². The lowest BCUT2D eigenvalue weighted by Crippen LogP contribution is -2.18. The molecule has 1 rings (SSSR count). The summed E-state index contributed by atoms with van der Waals surface area (Å²) in [6, 6.07) is 0.0272. The molecule has 0 amide bonds. The molecular formula is C6H13N5OS. The van der Waals surface area contributed by atoms with E-state index >= 15 is 0 Å². The highest BCUT2D eigenvalue weighted by Crippen LogP contribution is 2.06. The fourth-order valence-corrected chi connectivity index (χ4v) is 1.92. The molecule has 2 atom stereocenters. The summed E-state index contributed by atoms with van der Waals surface area (Å²) in [6.07, 6.45) is 1.66. The summed E-state index contributed by atoms with van der Waals surface area (Å²) in [7, 11) is -0.848. The SMILES string of the molecule is CC(CS(C)=O)n1nnnc1CN. The van der Waals surface area contributed by atoms with Crippen molar-refractivity contribution >= 4 is 10.8 Å². The van der Waals surface area contributed by atoms with Crippen LogP contribution in [0.1, 0.15) is 18.8 Å². The average molecular weight is 203 g/mol. The maximum Gasteiger partial charge on any atom is 0.165 e. The predicted octanol–water partition coefficient (Wildman–Crippen LogP) is -0.929. The standard InChI is InChI=1S/C6H13N5OS/c1-5(4-13(2)12)11-6(3-7)8-9-10-11/h5H,3-4,7H2,1-2H3. The first kappa shape index (κ1) is 10.3. The molecule has 0 bridgehead atoms. The Bertz CT molecular complexity index is 299. The van der Waals surface area contributed by atoms with Gasteiger partial charge in [0, 0.05) is 22.8 Å². The highest BCUT2D eigenvalue weighted by atomic mass is 32.2. The Balaban J connectivity index is 2.75. The third-order valence-corrected chi connectivity index (χ3v) is 2.59. The molecule has 7 heteroatoms. The molecule has 0 radical (unpaired) electrons. The molecule has 0 aromatic carbocycles. The van der Waals surface area contributed by atoms with Crippen molar-refractivity contribution in [1.82, 2.24) is 20.2 Å². The van der Waals surface area contributed by atoms with Crippen LogP contribution in [0.2, 0.25) is 0 Å². The molecule has 0 aliphatic heterocycles. The van der Waals surface area contributed by atoms with Crippen molar-refractivity contribution in [3.05, 3.63) is 5.82 Å². The van der Waals surface area contributed by atoms with Crippen molar-refractivity contribution in [2.24, 2.45) is 5.73 Å². The zero-order valence-corrected chi connectivity index (χ0v) is 8.49. The van der Waals surface area contributed by atoms with Gasteiger partial charge in [-0.15, -0.1) is 5.10 Å². The monoisotopic (exact) mass is 203 g/mol. The van der Waals surface area contributed by atoms with Gasteiger partial charge in [0.2, 0.25) is 0 Å². The maximum absolute atomic E-state index is 10.9. The number of nitrogens with zero attached hydrogens (tertiary/aromatic N) is 4. The quantitative estimate of drug-likeness (QED) is 0.683. The van der Waals surface area contributed by atoms with E-state index in [-0.39, 0.29) is 6.04 Å². The normalized spacial score (nSPS) is 15.6. The molecule has 13 heavy (non-hydrogen) atoms. The Kier molecular flexibility index (Phi) is 3.49. The van der Waals surface area contributed by atoms with Crippen LogP contribution in [0.5, 0.6) is 0 Å². The fourth-order valence-electron chi connectivity index (χ4n) is 1.10. The molecular weight excluding hydrogens is 190 g/mol. The van der Waals surface area contributed by atoms with Crippen LogP contribution in [0.4, 0.5) is 0 Å². The van der Waals surface area contributed by atoms with Crippen molar-refractivity contribution in [3.63, 3.8) is 0 Å². The molecule has 0 spiro atoms. The summed E-state index contributed by atoms with van der Waals surface area (Å²) < 4.78 is 12.6. The highest BCUT2D eigenvalue weighted by Gasteiger charge is 2.12. The van der Waals surface area contributed by atoms with Gasteiger partial charge in [-0.05, 0) is 17.4 Å². The summed E-state index contributed by atoms with van der Waals surface area (Å²) in [5.41, 5.74) is 5.42. The first-order chi connectivity index (χ1) is 6.15. The van der Waals surface area contributed by atoms with Crippen molar-refractivity contribution in [2.75, 3.05) is 12.0 Å². The van der Waals surface area contributed by atoms with Gasteiger partial charge in [0.25, 0.3) is 0 Å². The van der Waals surface area contributed by atoms with Crippen LogP contribution in [0.3, 0.4) is 0 Å². The summed E-state index contributed by atoms with van der Waals surface area (Å²) in [6.45, 7) is 2.21. The summed E-state index contributed by atoms with van der Waals surface area (Å²) in [4.78, 5) is 0. The molecule has 0 saturated heterocycles. The average Bonchev–Trinajstić information content (AvgIpc) is 2.49. The molecule has 0 aliphatic carbocycles. The van der Waals surface area contributed by atoms with Gasteiger partial charge >= 0.3 is 0 Å². The minimum absolute atomic E-state index is 0.0272. The van der Waals surface area contributed by atoms with E-state index in [1.807, 2.05) is 6.92 Å². The first-order valence-corrected chi connectivity index (χ1v) is 5.64. The van der Waals surface area contributed by atoms with Gasteiger partial charge in [-0.1, -0.05) is 0 Å². The summed E-state index contributed by atoms with van der Waals surface area (Å²) in [5.74, 6) is 1.16. The van der Waals surface area contributed by atoms with E-state index in [0.29, 0.717) is 18.1 Å². The van der Waals surface area contributed by atoms with Gasteiger partial charge in [0.05, 0.1) is 12.6 Å².